The van der Waals surface area contributed by atoms with Crippen LogP contribution in [-0.2, 0) is 4.79 Å². The number of amides is 2. The van der Waals surface area contributed by atoms with Gasteiger partial charge in [0.25, 0.3) is 5.91 Å². The van der Waals surface area contributed by atoms with Gasteiger partial charge < -0.3 is 14.6 Å². The van der Waals surface area contributed by atoms with E-state index in [0.717, 1.165) is 36.2 Å². The van der Waals surface area contributed by atoms with Crippen molar-refractivity contribution in [3.05, 3.63) is 65.6 Å². The summed E-state index contributed by atoms with van der Waals surface area (Å²) in [5.74, 6) is 0.112. The van der Waals surface area contributed by atoms with E-state index in [9.17, 15) is 9.59 Å². The molecule has 1 saturated heterocycles. The van der Waals surface area contributed by atoms with Crippen LogP contribution in [0.4, 0.5) is 0 Å². The first-order chi connectivity index (χ1) is 15.2. The number of para-hydroxylation sites is 1. The number of hydrogen-bond donors (Lipinski definition) is 1. The lowest BCUT2D eigenvalue weighted by Gasteiger charge is -2.34. The van der Waals surface area contributed by atoms with Gasteiger partial charge in [-0.3, -0.25) is 9.59 Å². The maximum absolute atomic E-state index is 13.2. The van der Waals surface area contributed by atoms with Crippen LogP contribution >= 0.6 is 11.3 Å². The Kier molecular flexibility index (Phi) is 5.59. The predicted molar refractivity (Wildman–Crippen MR) is 120 cm³/mol. The number of nitrogens with zero attached hydrogens (tertiary/aromatic N) is 2. The Hall–Kier alpha value is -2.93. The molecule has 1 aliphatic heterocycles. The highest BCUT2D eigenvalue weighted by molar-refractivity contribution is 7.18. The molecule has 5 rings (SSSR count). The standard InChI is InChI=1S/C24H25N3O3S/c28-22(25-17-9-12-27(13-10-17)24(29)16-11-14-30-15-16)18-5-1-2-6-19(18)23-26-20-7-3-4-8-21(20)31-23/h1-4,7-8,11,14-15,17-19H,5-6,9-10,12-13H2,(H,25,28)/t18-,19+/m1/s1. The summed E-state index contributed by atoms with van der Waals surface area (Å²) in [5, 5.41) is 4.31. The molecule has 31 heavy (non-hydrogen) atoms. The fraction of sp³-hybridized carbons (Fsp3) is 0.375. The van der Waals surface area contributed by atoms with Gasteiger partial charge in [0.05, 0.1) is 33.0 Å². The number of rotatable bonds is 4. The molecule has 7 heteroatoms. The minimum absolute atomic E-state index is 0.00755. The molecule has 160 valence electrons. The summed E-state index contributed by atoms with van der Waals surface area (Å²) in [6, 6.07) is 9.93. The third-order valence-corrected chi connectivity index (χ3v) is 7.46. The lowest BCUT2D eigenvalue weighted by atomic mass is 9.82. The molecular formula is C24H25N3O3S. The normalized spacial score (nSPS) is 22.0. The minimum atomic E-state index is -0.101. The summed E-state index contributed by atoms with van der Waals surface area (Å²) in [7, 11) is 0. The Balaban J connectivity index is 1.22. The number of carbonyl (C=O) groups excluding carboxylic acids is 2. The van der Waals surface area contributed by atoms with Crippen LogP contribution in [0.15, 0.2) is 59.4 Å². The van der Waals surface area contributed by atoms with Crippen molar-refractivity contribution in [1.82, 2.24) is 15.2 Å². The fourth-order valence-electron chi connectivity index (χ4n) is 4.53. The van der Waals surface area contributed by atoms with Gasteiger partial charge in [0.2, 0.25) is 5.91 Å². The van der Waals surface area contributed by atoms with E-state index in [-0.39, 0.29) is 29.7 Å². The fourth-order valence-corrected chi connectivity index (χ4v) is 5.68. The van der Waals surface area contributed by atoms with E-state index < -0.39 is 0 Å². The molecule has 1 aromatic carbocycles. The third-order valence-electron chi connectivity index (χ3n) is 6.29. The number of thiazole rings is 1. The van der Waals surface area contributed by atoms with E-state index in [1.165, 1.54) is 17.2 Å². The number of benzene rings is 1. The number of likely N-dealkylation sites (tertiary alicyclic amines) is 1. The second-order valence-corrected chi connectivity index (χ2v) is 9.32. The zero-order valence-corrected chi connectivity index (χ0v) is 18.0. The predicted octanol–water partition coefficient (Wildman–Crippen LogP) is 4.36. The Morgan fingerprint density at radius 3 is 2.68 bits per heavy atom. The molecule has 0 unspecified atom stereocenters. The van der Waals surface area contributed by atoms with Gasteiger partial charge in [-0.05, 0) is 43.9 Å². The van der Waals surface area contributed by atoms with Gasteiger partial charge in [0.1, 0.15) is 6.26 Å². The Labute approximate surface area is 185 Å². The largest absolute Gasteiger partial charge is 0.472 e. The van der Waals surface area contributed by atoms with E-state index in [1.54, 1.807) is 17.4 Å². The molecule has 2 aliphatic rings. The summed E-state index contributed by atoms with van der Waals surface area (Å²) in [6.07, 6.45) is 10.4. The Morgan fingerprint density at radius 2 is 1.90 bits per heavy atom. The highest BCUT2D eigenvalue weighted by Gasteiger charge is 2.34. The first-order valence-corrected chi connectivity index (χ1v) is 11.6. The molecule has 3 aromatic rings. The lowest BCUT2D eigenvalue weighted by Crippen LogP contribution is -2.48. The third kappa shape index (κ3) is 4.14. The van der Waals surface area contributed by atoms with Gasteiger partial charge >= 0.3 is 0 Å². The summed E-state index contributed by atoms with van der Waals surface area (Å²) in [5.41, 5.74) is 1.58. The molecule has 0 radical (unpaired) electrons. The van der Waals surface area contributed by atoms with Crippen LogP contribution in [0.3, 0.4) is 0 Å². The molecule has 3 heterocycles. The van der Waals surface area contributed by atoms with Crippen molar-refractivity contribution >= 4 is 33.4 Å². The SMILES string of the molecule is O=C(NC1CCN(C(=O)c2ccoc2)CC1)[C@@H]1CC=CC[C@@H]1c1nc2ccccc2s1. The van der Waals surface area contributed by atoms with Crippen LogP contribution in [0, 0.1) is 5.92 Å². The number of hydrogen-bond acceptors (Lipinski definition) is 5. The average molecular weight is 436 g/mol. The number of piperidine rings is 1. The second kappa shape index (κ2) is 8.67. The molecule has 0 bridgehead atoms. The molecule has 0 saturated carbocycles. The highest BCUT2D eigenvalue weighted by Crippen LogP contribution is 2.38. The van der Waals surface area contributed by atoms with E-state index in [2.05, 4.69) is 23.5 Å². The number of aromatic nitrogens is 1. The lowest BCUT2D eigenvalue weighted by molar-refractivity contribution is -0.126. The summed E-state index contributed by atoms with van der Waals surface area (Å²) >= 11 is 1.70. The van der Waals surface area contributed by atoms with Crippen molar-refractivity contribution in [2.24, 2.45) is 5.92 Å². The molecule has 1 aliphatic carbocycles. The average Bonchev–Trinajstić information content (AvgIpc) is 3.49. The van der Waals surface area contributed by atoms with Gasteiger partial charge in [0, 0.05) is 25.0 Å². The van der Waals surface area contributed by atoms with E-state index >= 15 is 0 Å². The molecule has 1 fully saturated rings. The van der Waals surface area contributed by atoms with Gasteiger partial charge in [-0.2, -0.15) is 0 Å². The number of nitrogens with one attached hydrogen (secondary N) is 1. The van der Waals surface area contributed by atoms with E-state index in [0.29, 0.717) is 18.7 Å². The maximum atomic E-state index is 13.2. The van der Waals surface area contributed by atoms with Crippen LogP contribution in [-0.4, -0.2) is 40.8 Å². The second-order valence-electron chi connectivity index (χ2n) is 8.26. The van der Waals surface area contributed by atoms with Gasteiger partial charge in [-0.25, -0.2) is 4.98 Å². The smallest absolute Gasteiger partial charge is 0.257 e. The zero-order valence-electron chi connectivity index (χ0n) is 17.2. The van der Waals surface area contributed by atoms with Gasteiger partial charge in [0.15, 0.2) is 0 Å². The van der Waals surface area contributed by atoms with Crippen molar-refractivity contribution in [3.8, 4) is 0 Å². The summed E-state index contributed by atoms with van der Waals surface area (Å²) < 4.78 is 6.19. The molecule has 2 aromatic heterocycles. The van der Waals surface area contributed by atoms with Crippen LogP contribution in [0.1, 0.15) is 47.0 Å². The topological polar surface area (TPSA) is 75.4 Å². The summed E-state index contributed by atoms with van der Waals surface area (Å²) in [4.78, 5) is 32.3. The minimum Gasteiger partial charge on any atom is -0.472 e. The molecule has 2 atom stereocenters. The molecule has 6 nitrogen and oxygen atoms in total. The van der Waals surface area contributed by atoms with Crippen LogP contribution in [0.25, 0.3) is 10.2 Å². The quantitative estimate of drug-likeness (QED) is 0.618. The number of fused-ring (bicyclic) bond motifs is 1. The van der Waals surface area contributed by atoms with Crippen LogP contribution < -0.4 is 5.32 Å². The summed E-state index contributed by atoms with van der Waals surface area (Å²) in [6.45, 7) is 1.28. The molecular weight excluding hydrogens is 410 g/mol. The number of allylic oxidation sites excluding steroid dienone is 2. The first kappa shape index (κ1) is 20.0. The van der Waals surface area contributed by atoms with Gasteiger partial charge in [-0.15, -0.1) is 11.3 Å². The van der Waals surface area contributed by atoms with Crippen LogP contribution in [0.2, 0.25) is 0 Å². The number of furan rings is 1. The molecule has 2 amide bonds. The van der Waals surface area contributed by atoms with Crippen molar-refractivity contribution in [2.75, 3.05) is 13.1 Å². The maximum Gasteiger partial charge on any atom is 0.257 e. The van der Waals surface area contributed by atoms with Crippen molar-refractivity contribution < 1.29 is 14.0 Å². The highest BCUT2D eigenvalue weighted by atomic mass is 32.1. The first-order valence-electron chi connectivity index (χ1n) is 10.8. The van der Waals surface area contributed by atoms with Crippen molar-refractivity contribution in [2.45, 2.75) is 37.6 Å². The Morgan fingerprint density at radius 1 is 1.10 bits per heavy atom. The zero-order chi connectivity index (χ0) is 21.2. The van der Waals surface area contributed by atoms with Crippen molar-refractivity contribution in [1.29, 1.82) is 0 Å². The monoisotopic (exact) mass is 435 g/mol. The van der Waals surface area contributed by atoms with E-state index in [4.69, 9.17) is 9.40 Å². The Bertz CT molecular complexity index is 1060. The molecule has 1 N–H and O–H groups in total. The van der Waals surface area contributed by atoms with Gasteiger partial charge in [-0.1, -0.05) is 24.3 Å². The van der Waals surface area contributed by atoms with Crippen LogP contribution in [0.5, 0.6) is 0 Å². The van der Waals surface area contributed by atoms with Crippen molar-refractivity contribution in [3.63, 3.8) is 0 Å². The number of carbonyl (C=O) groups is 2. The molecule has 0 spiro atoms. The van der Waals surface area contributed by atoms with E-state index in [1.807, 2.05) is 23.1 Å².